The Hall–Kier alpha value is -2.68. The Morgan fingerprint density at radius 1 is 1.27 bits per heavy atom. The maximum absolute atomic E-state index is 13.0. The molecule has 30 heavy (non-hydrogen) atoms. The summed E-state index contributed by atoms with van der Waals surface area (Å²) < 4.78 is 0.888. The summed E-state index contributed by atoms with van der Waals surface area (Å²) in [5.74, 6) is -0.988. The summed E-state index contributed by atoms with van der Waals surface area (Å²) in [5.41, 5.74) is 0.417. The highest BCUT2D eigenvalue weighted by Crippen LogP contribution is 2.31. The summed E-state index contributed by atoms with van der Waals surface area (Å²) >= 11 is 3.35. The van der Waals surface area contributed by atoms with E-state index in [0.29, 0.717) is 17.7 Å². The van der Waals surface area contributed by atoms with Gasteiger partial charge < -0.3 is 15.5 Å². The molecule has 9 heteroatoms. The summed E-state index contributed by atoms with van der Waals surface area (Å²) in [6.07, 6.45) is 4.08. The fourth-order valence-corrected chi connectivity index (χ4v) is 4.45. The SMILES string of the molecule is CC[C@H]1CCCCN1c1nc2c(c(=O)[nH]1)[C@@H](C(=O)Nc1ccc(Br)cc1)CC(=O)N2. The average Bonchev–Trinajstić information content (AvgIpc) is 2.74. The van der Waals surface area contributed by atoms with Crippen LogP contribution in [0.2, 0.25) is 0 Å². The molecule has 158 valence electrons. The third kappa shape index (κ3) is 4.12. The maximum Gasteiger partial charge on any atom is 0.258 e. The minimum Gasteiger partial charge on any atom is -0.339 e. The van der Waals surface area contributed by atoms with Crippen LogP contribution in [-0.4, -0.2) is 34.4 Å². The molecule has 0 spiro atoms. The third-order valence-electron chi connectivity index (χ3n) is 5.74. The molecule has 0 radical (unpaired) electrons. The van der Waals surface area contributed by atoms with E-state index >= 15 is 0 Å². The number of carbonyl (C=O) groups is 2. The minimum absolute atomic E-state index is 0.0965. The summed E-state index contributed by atoms with van der Waals surface area (Å²) in [5, 5.41) is 5.48. The van der Waals surface area contributed by atoms with Crippen molar-refractivity contribution in [1.82, 2.24) is 9.97 Å². The number of anilines is 3. The fraction of sp³-hybridized carbons (Fsp3) is 0.429. The monoisotopic (exact) mass is 473 g/mol. The second kappa shape index (κ2) is 8.59. The number of aromatic amines is 1. The van der Waals surface area contributed by atoms with Gasteiger partial charge in [-0.1, -0.05) is 22.9 Å². The van der Waals surface area contributed by atoms with Gasteiger partial charge in [-0.2, -0.15) is 4.98 Å². The third-order valence-corrected chi connectivity index (χ3v) is 6.27. The number of aromatic nitrogens is 2. The molecule has 0 aliphatic carbocycles. The molecule has 3 heterocycles. The molecule has 1 aromatic heterocycles. The van der Waals surface area contributed by atoms with E-state index < -0.39 is 11.8 Å². The predicted molar refractivity (Wildman–Crippen MR) is 119 cm³/mol. The van der Waals surface area contributed by atoms with Crippen molar-refractivity contribution in [1.29, 1.82) is 0 Å². The lowest BCUT2D eigenvalue weighted by atomic mass is 9.92. The molecule has 0 bridgehead atoms. The van der Waals surface area contributed by atoms with Crippen molar-refractivity contribution in [3.63, 3.8) is 0 Å². The zero-order chi connectivity index (χ0) is 21.3. The highest BCUT2D eigenvalue weighted by Gasteiger charge is 2.35. The summed E-state index contributed by atoms with van der Waals surface area (Å²) in [7, 11) is 0. The number of rotatable bonds is 4. The number of nitrogens with one attached hydrogen (secondary N) is 3. The number of benzene rings is 1. The Labute approximate surface area is 182 Å². The molecular formula is C21H24BrN5O3. The van der Waals surface area contributed by atoms with Crippen LogP contribution < -0.4 is 21.1 Å². The number of hydrogen-bond donors (Lipinski definition) is 3. The van der Waals surface area contributed by atoms with Gasteiger partial charge in [-0.3, -0.25) is 19.4 Å². The first-order chi connectivity index (χ1) is 14.5. The maximum atomic E-state index is 13.0. The number of piperidine rings is 1. The smallest absolute Gasteiger partial charge is 0.258 e. The highest BCUT2D eigenvalue weighted by atomic mass is 79.9. The molecule has 0 unspecified atom stereocenters. The Morgan fingerprint density at radius 2 is 2.03 bits per heavy atom. The lowest BCUT2D eigenvalue weighted by Crippen LogP contribution is -2.43. The van der Waals surface area contributed by atoms with E-state index in [4.69, 9.17) is 0 Å². The molecule has 2 atom stereocenters. The average molecular weight is 474 g/mol. The number of carbonyl (C=O) groups excluding carboxylic acids is 2. The van der Waals surface area contributed by atoms with Crippen LogP contribution in [0, 0.1) is 0 Å². The van der Waals surface area contributed by atoms with Crippen molar-refractivity contribution in [2.24, 2.45) is 0 Å². The van der Waals surface area contributed by atoms with Crippen LogP contribution in [0.15, 0.2) is 33.5 Å². The normalized spacial score (nSPS) is 21.0. The predicted octanol–water partition coefficient (Wildman–Crippen LogP) is 3.37. The number of nitrogens with zero attached hydrogens (tertiary/aromatic N) is 2. The van der Waals surface area contributed by atoms with Crippen LogP contribution in [0.3, 0.4) is 0 Å². The lowest BCUT2D eigenvalue weighted by Gasteiger charge is -2.36. The first-order valence-corrected chi connectivity index (χ1v) is 11.0. The van der Waals surface area contributed by atoms with Gasteiger partial charge in [0.05, 0.1) is 11.5 Å². The zero-order valence-corrected chi connectivity index (χ0v) is 18.3. The molecule has 2 aromatic rings. The molecule has 1 saturated heterocycles. The van der Waals surface area contributed by atoms with Crippen LogP contribution in [0.1, 0.15) is 50.5 Å². The van der Waals surface area contributed by atoms with Gasteiger partial charge >= 0.3 is 0 Å². The van der Waals surface area contributed by atoms with Crippen molar-refractivity contribution in [3.8, 4) is 0 Å². The van der Waals surface area contributed by atoms with Gasteiger partial charge in [-0.15, -0.1) is 0 Å². The molecule has 1 fully saturated rings. The van der Waals surface area contributed by atoms with Gasteiger partial charge in [0.25, 0.3) is 5.56 Å². The number of hydrogen-bond acceptors (Lipinski definition) is 5. The molecule has 4 rings (SSSR count). The molecule has 1 aromatic carbocycles. The van der Waals surface area contributed by atoms with Gasteiger partial charge in [-0.25, -0.2) is 0 Å². The van der Waals surface area contributed by atoms with Crippen molar-refractivity contribution in [3.05, 3.63) is 44.7 Å². The van der Waals surface area contributed by atoms with E-state index in [2.05, 4.69) is 48.4 Å². The zero-order valence-electron chi connectivity index (χ0n) is 16.7. The van der Waals surface area contributed by atoms with Crippen LogP contribution in [-0.2, 0) is 9.59 Å². The van der Waals surface area contributed by atoms with E-state index in [1.165, 1.54) is 0 Å². The van der Waals surface area contributed by atoms with Crippen LogP contribution >= 0.6 is 15.9 Å². The van der Waals surface area contributed by atoms with Crippen LogP contribution in [0.5, 0.6) is 0 Å². The molecule has 2 aliphatic rings. The molecule has 3 N–H and O–H groups in total. The van der Waals surface area contributed by atoms with E-state index in [9.17, 15) is 14.4 Å². The second-order valence-electron chi connectivity index (χ2n) is 7.70. The second-order valence-corrected chi connectivity index (χ2v) is 8.62. The van der Waals surface area contributed by atoms with Gasteiger partial charge in [-0.05, 0) is 49.9 Å². The molecule has 8 nitrogen and oxygen atoms in total. The van der Waals surface area contributed by atoms with Crippen molar-refractivity contribution in [2.75, 3.05) is 22.1 Å². The van der Waals surface area contributed by atoms with E-state index in [1.807, 2.05) is 0 Å². The number of fused-ring (bicyclic) bond motifs is 1. The van der Waals surface area contributed by atoms with Gasteiger partial charge in [0.15, 0.2) is 0 Å². The van der Waals surface area contributed by atoms with Crippen molar-refractivity contribution >= 4 is 45.2 Å². The fourth-order valence-electron chi connectivity index (χ4n) is 4.19. The number of amides is 2. The first-order valence-electron chi connectivity index (χ1n) is 10.2. The lowest BCUT2D eigenvalue weighted by molar-refractivity contribution is -0.123. The first kappa shape index (κ1) is 20.6. The summed E-state index contributed by atoms with van der Waals surface area (Å²) in [6.45, 7) is 2.92. The van der Waals surface area contributed by atoms with Gasteiger partial charge in [0.2, 0.25) is 17.8 Å². The largest absolute Gasteiger partial charge is 0.339 e. The van der Waals surface area contributed by atoms with E-state index in [0.717, 1.165) is 36.7 Å². The number of halogens is 1. The standard InChI is InChI=1S/C21H24BrN5O3/c1-2-14-5-3-4-10-27(14)21-25-18-17(20(30)26-21)15(11-16(28)24-18)19(29)23-13-8-6-12(22)7-9-13/h6-9,14-15H,2-5,10-11H2,1H3,(H,23,29)(H2,24,25,26,28,30)/t14-,15-/m0/s1. The minimum atomic E-state index is -0.897. The number of H-pyrrole nitrogens is 1. The quantitative estimate of drug-likeness (QED) is 0.630. The highest BCUT2D eigenvalue weighted by molar-refractivity contribution is 9.10. The Balaban J connectivity index is 1.65. The molecule has 2 amide bonds. The Morgan fingerprint density at radius 3 is 2.77 bits per heavy atom. The van der Waals surface area contributed by atoms with Crippen molar-refractivity contribution in [2.45, 2.75) is 51.0 Å². The Kier molecular flexibility index (Phi) is 5.90. The topological polar surface area (TPSA) is 107 Å². The van der Waals surface area contributed by atoms with Crippen LogP contribution in [0.25, 0.3) is 0 Å². The van der Waals surface area contributed by atoms with E-state index in [-0.39, 0.29) is 29.3 Å². The summed E-state index contributed by atoms with van der Waals surface area (Å²) in [6, 6.07) is 7.41. The summed E-state index contributed by atoms with van der Waals surface area (Å²) in [4.78, 5) is 47.7. The molecule has 2 aliphatic heterocycles. The molecular weight excluding hydrogens is 450 g/mol. The van der Waals surface area contributed by atoms with E-state index in [1.54, 1.807) is 24.3 Å². The Bertz CT molecular complexity index is 1020. The van der Waals surface area contributed by atoms with Gasteiger partial charge in [0, 0.05) is 29.2 Å². The van der Waals surface area contributed by atoms with Crippen LogP contribution in [0.4, 0.5) is 17.5 Å². The molecule has 0 saturated carbocycles. The van der Waals surface area contributed by atoms with Gasteiger partial charge in [0.1, 0.15) is 5.82 Å². The van der Waals surface area contributed by atoms with Crippen molar-refractivity contribution < 1.29 is 9.59 Å².